The lowest BCUT2D eigenvalue weighted by molar-refractivity contribution is 0.418. The van der Waals surface area contributed by atoms with E-state index < -0.39 is 0 Å². The molecule has 0 aliphatic carbocycles. The van der Waals surface area contributed by atoms with Crippen molar-refractivity contribution in [3.8, 4) is 5.75 Å². The number of nitrogens with zero attached hydrogens (tertiary/aromatic N) is 3. The molecule has 0 saturated carbocycles. The fourth-order valence-corrected chi connectivity index (χ4v) is 2.28. The molecule has 0 fully saturated rings. The van der Waals surface area contributed by atoms with E-state index in [9.17, 15) is 0 Å². The fraction of sp³-hybridized carbons (Fsp3) is 0.267. The van der Waals surface area contributed by atoms with Crippen LogP contribution in [0.1, 0.15) is 11.4 Å². The number of methoxy groups -OCH3 is 1. The van der Waals surface area contributed by atoms with E-state index in [0.29, 0.717) is 12.2 Å². The molecule has 0 radical (unpaired) electrons. The Kier molecular flexibility index (Phi) is 3.20. The molecule has 0 saturated heterocycles. The van der Waals surface area contributed by atoms with E-state index in [1.54, 1.807) is 7.11 Å². The highest BCUT2D eigenvalue weighted by atomic mass is 16.5. The normalized spacial score (nSPS) is 11.2. The van der Waals surface area contributed by atoms with Crippen LogP contribution in [0, 0.1) is 6.92 Å². The SMILES string of the molecule is CNCc1ncc2cc3cc(C)cc(OC)c3nc2n1. The number of ether oxygens (including phenoxy) is 1. The molecule has 20 heavy (non-hydrogen) atoms. The Morgan fingerprint density at radius 1 is 1.15 bits per heavy atom. The van der Waals surface area contributed by atoms with Gasteiger partial charge in [0.15, 0.2) is 5.65 Å². The van der Waals surface area contributed by atoms with Crippen molar-refractivity contribution < 1.29 is 4.74 Å². The van der Waals surface area contributed by atoms with E-state index in [-0.39, 0.29) is 0 Å². The highest BCUT2D eigenvalue weighted by molar-refractivity contribution is 5.94. The van der Waals surface area contributed by atoms with Gasteiger partial charge in [-0.1, -0.05) is 0 Å². The summed E-state index contributed by atoms with van der Waals surface area (Å²) < 4.78 is 5.42. The van der Waals surface area contributed by atoms with Gasteiger partial charge in [0.25, 0.3) is 0 Å². The Bertz CT molecular complexity index is 786. The molecule has 3 aromatic rings. The highest BCUT2D eigenvalue weighted by Gasteiger charge is 2.08. The van der Waals surface area contributed by atoms with Gasteiger partial charge in [0.2, 0.25) is 0 Å². The first kappa shape index (κ1) is 12.7. The summed E-state index contributed by atoms with van der Waals surface area (Å²) in [6.45, 7) is 2.67. The Morgan fingerprint density at radius 2 is 2.00 bits per heavy atom. The number of fused-ring (bicyclic) bond motifs is 2. The third kappa shape index (κ3) is 2.16. The number of aromatic nitrogens is 3. The Hall–Kier alpha value is -2.27. The first-order chi connectivity index (χ1) is 9.71. The molecule has 0 amide bonds. The topological polar surface area (TPSA) is 59.9 Å². The van der Waals surface area contributed by atoms with Crippen LogP contribution in [0.4, 0.5) is 0 Å². The van der Waals surface area contributed by atoms with Crippen molar-refractivity contribution in [2.45, 2.75) is 13.5 Å². The minimum atomic E-state index is 0.626. The molecular weight excluding hydrogens is 252 g/mol. The standard InChI is InChI=1S/C15H16N4O/c1-9-4-10-6-11-7-17-13(8-16-2)18-15(11)19-14(10)12(5-9)20-3/h4-7,16H,8H2,1-3H3. The molecule has 3 rings (SSSR count). The van der Waals surface area contributed by atoms with Crippen molar-refractivity contribution in [3.63, 3.8) is 0 Å². The zero-order chi connectivity index (χ0) is 14.1. The maximum atomic E-state index is 5.42. The van der Waals surface area contributed by atoms with Crippen LogP contribution in [0.5, 0.6) is 5.75 Å². The second kappa shape index (κ2) is 5.02. The lowest BCUT2D eigenvalue weighted by Gasteiger charge is -2.08. The van der Waals surface area contributed by atoms with Crippen LogP contribution in [0.25, 0.3) is 21.9 Å². The predicted molar refractivity (Wildman–Crippen MR) is 78.9 cm³/mol. The van der Waals surface area contributed by atoms with Crippen LogP contribution in [0.2, 0.25) is 0 Å². The maximum absolute atomic E-state index is 5.42. The first-order valence-corrected chi connectivity index (χ1v) is 6.47. The predicted octanol–water partition coefficient (Wildman–Crippen LogP) is 2.21. The molecule has 2 heterocycles. The average molecular weight is 268 g/mol. The van der Waals surface area contributed by atoms with Crippen molar-refractivity contribution >= 4 is 21.9 Å². The molecule has 0 bridgehead atoms. The number of hydrogen-bond acceptors (Lipinski definition) is 5. The van der Waals surface area contributed by atoms with Gasteiger partial charge in [0, 0.05) is 17.0 Å². The molecular formula is C15H16N4O. The van der Waals surface area contributed by atoms with E-state index in [4.69, 9.17) is 4.74 Å². The number of hydrogen-bond donors (Lipinski definition) is 1. The smallest absolute Gasteiger partial charge is 0.163 e. The molecule has 5 heteroatoms. The second-order valence-corrected chi connectivity index (χ2v) is 4.76. The van der Waals surface area contributed by atoms with Crippen molar-refractivity contribution in [1.29, 1.82) is 0 Å². The van der Waals surface area contributed by atoms with Gasteiger partial charge in [-0.2, -0.15) is 0 Å². The van der Waals surface area contributed by atoms with E-state index >= 15 is 0 Å². The van der Waals surface area contributed by atoms with Crippen LogP contribution >= 0.6 is 0 Å². The molecule has 0 aliphatic heterocycles. The van der Waals surface area contributed by atoms with Crippen molar-refractivity contribution in [1.82, 2.24) is 20.3 Å². The van der Waals surface area contributed by atoms with Gasteiger partial charge in [0.1, 0.15) is 17.1 Å². The van der Waals surface area contributed by atoms with E-state index in [1.165, 1.54) is 0 Å². The molecule has 0 aliphatic rings. The summed E-state index contributed by atoms with van der Waals surface area (Å²) in [6.07, 6.45) is 1.82. The summed E-state index contributed by atoms with van der Waals surface area (Å²) in [5.74, 6) is 1.51. The van der Waals surface area contributed by atoms with Gasteiger partial charge in [-0.25, -0.2) is 15.0 Å². The van der Waals surface area contributed by atoms with Gasteiger partial charge in [-0.15, -0.1) is 0 Å². The summed E-state index contributed by atoms with van der Waals surface area (Å²) in [5, 5.41) is 5.01. The molecule has 1 N–H and O–H groups in total. The monoisotopic (exact) mass is 268 g/mol. The third-order valence-corrected chi connectivity index (χ3v) is 3.18. The van der Waals surface area contributed by atoms with E-state index in [0.717, 1.165) is 33.4 Å². The maximum Gasteiger partial charge on any atom is 0.163 e. The number of aryl methyl sites for hydroxylation is 1. The summed E-state index contributed by atoms with van der Waals surface area (Å²) >= 11 is 0. The summed E-state index contributed by atoms with van der Waals surface area (Å²) in [5.41, 5.74) is 2.67. The molecule has 0 spiro atoms. The van der Waals surface area contributed by atoms with Gasteiger partial charge >= 0.3 is 0 Å². The number of benzene rings is 1. The van der Waals surface area contributed by atoms with Crippen LogP contribution in [-0.2, 0) is 6.54 Å². The molecule has 2 aromatic heterocycles. The first-order valence-electron chi connectivity index (χ1n) is 6.47. The molecule has 5 nitrogen and oxygen atoms in total. The highest BCUT2D eigenvalue weighted by Crippen LogP contribution is 2.27. The van der Waals surface area contributed by atoms with Gasteiger partial charge in [-0.05, 0) is 37.7 Å². The Morgan fingerprint density at radius 3 is 2.75 bits per heavy atom. The van der Waals surface area contributed by atoms with Crippen molar-refractivity contribution in [3.05, 3.63) is 35.8 Å². The molecule has 0 unspecified atom stereocenters. The van der Waals surface area contributed by atoms with Crippen LogP contribution < -0.4 is 10.1 Å². The largest absolute Gasteiger partial charge is 0.494 e. The average Bonchev–Trinajstić information content (AvgIpc) is 2.45. The minimum Gasteiger partial charge on any atom is -0.494 e. The lowest BCUT2D eigenvalue weighted by Crippen LogP contribution is -2.09. The number of pyridine rings is 1. The molecule has 0 atom stereocenters. The lowest BCUT2D eigenvalue weighted by atomic mass is 10.1. The van der Waals surface area contributed by atoms with Gasteiger partial charge in [-0.3, -0.25) is 0 Å². The van der Waals surface area contributed by atoms with Gasteiger partial charge in [0.05, 0.1) is 13.7 Å². The Balaban J connectivity index is 2.29. The van der Waals surface area contributed by atoms with Crippen molar-refractivity contribution in [2.24, 2.45) is 0 Å². The third-order valence-electron chi connectivity index (χ3n) is 3.18. The quantitative estimate of drug-likeness (QED) is 0.738. The minimum absolute atomic E-state index is 0.626. The van der Waals surface area contributed by atoms with Crippen molar-refractivity contribution in [2.75, 3.05) is 14.2 Å². The Labute approximate surface area is 117 Å². The zero-order valence-corrected chi connectivity index (χ0v) is 11.8. The summed E-state index contributed by atoms with van der Waals surface area (Å²) in [4.78, 5) is 13.4. The fourth-order valence-electron chi connectivity index (χ4n) is 2.28. The van der Waals surface area contributed by atoms with E-state index in [2.05, 4.69) is 32.4 Å². The molecule has 102 valence electrons. The number of rotatable bonds is 3. The van der Waals surface area contributed by atoms with Crippen LogP contribution in [0.3, 0.4) is 0 Å². The van der Waals surface area contributed by atoms with Crippen LogP contribution in [-0.4, -0.2) is 29.1 Å². The molecule has 1 aromatic carbocycles. The summed E-state index contributed by atoms with van der Waals surface area (Å²) in [7, 11) is 3.53. The number of nitrogens with one attached hydrogen (secondary N) is 1. The van der Waals surface area contributed by atoms with Crippen LogP contribution in [0.15, 0.2) is 24.4 Å². The zero-order valence-electron chi connectivity index (χ0n) is 11.8. The second-order valence-electron chi connectivity index (χ2n) is 4.76. The summed E-state index contributed by atoms with van der Waals surface area (Å²) in [6, 6.07) is 6.12. The van der Waals surface area contributed by atoms with Gasteiger partial charge < -0.3 is 10.1 Å². The van der Waals surface area contributed by atoms with E-state index in [1.807, 2.05) is 26.2 Å².